The molecule has 2 aromatic carbocycles. The lowest BCUT2D eigenvalue weighted by Gasteiger charge is -2.07. The topological polar surface area (TPSA) is 75.3 Å². The van der Waals surface area contributed by atoms with Gasteiger partial charge in [0.05, 0.1) is 0 Å². The van der Waals surface area contributed by atoms with E-state index in [0.29, 0.717) is 17.8 Å². The average Bonchev–Trinajstić information content (AvgIpc) is 2.61. The van der Waals surface area contributed by atoms with Gasteiger partial charge in [-0.2, -0.15) is 0 Å². The van der Waals surface area contributed by atoms with Gasteiger partial charge >= 0.3 is 0 Å². The average molecular weight is 352 g/mol. The molecule has 136 valence electrons. The quantitative estimate of drug-likeness (QED) is 0.749. The van der Waals surface area contributed by atoms with E-state index in [1.54, 1.807) is 18.2 Å². The molecule has 2 amide bonds. The van der Waals surface area contributed by atoms with Crippen LogP contribution < -0.4 is 10.6 Å². The van der Waals surface area contributed by atoms with Gasteiger partial charge in [0.15, 0.2) is 5.78 Å². The van der Waals surface area contributed by atoms with E-state index in [1.807, 2.05) is 38.1 Å². The molecule has 0 atom stereocenters. The Bertz CT molecular complexity index is 811. The summed E-state index contributed by atoms with van der Waals surface area (Å²) in [5, 5.41) is 5.50. The molecule has 0 aliphatic carbocycles. The molecule has 0 bridgehead atoms. The number of hydrogen-bond acceptors (Lipinski definition) is 3. The van der Waals surface area contributed by atoms with Crippen molar-refractivity contribution >= 4 is 23.3 Å². The van der Waals surface area contributed by atoms with E-state index in [2.05, 4.69) is 10.6 Å². The second kappa shape index (κ2) is 8.94. The van der Waals surface area contributed by atoms with Crippen molar-refractivity contribution in [3.63, 3.8) is 0 Å². The van der Waals surface area contributed by atoms with Crippen molar-refractivity contribution in [2.45, 2.75) is 40.2 Å². The Kier molecular flexibility index (Phi) is 6.67. The lowest BCUT2D eigenvalue weighted by atomic mass is 10.0. The molecule has 0 aromatic heterocycles. The summed E-state index contributed by atoms with van der Waals surface area (Å²) in [6, 6.07) is 12.8. The second-order valence-electron chi connectivity index (χ2n) is 6.38. The first-order chi connectivity index (χ1) is 12.3. The van der Waals surface area contributed by atoms with Gasteiger partial charge < -0.3 is 10.6 Å². The van der Waals surface area contributed by atoms with Crippen LogP contribution in [0.3, 0.4) is 0 Å². The van der Waals surface area contributed by atoms with Crippen LogP contribution in [-0.2, 0) is 16.1 Å². The second-order valence-corrected chi connectivity index (χ2v) is 6.38. The van der Waals surface area contributed by atoms with Gasteiger partial charge in [0.25, 0.3) is 0 Å². The Balaban J connectivity index is 1.78. The summed E-state index contributed by atoms with van der Waals surface area (Å²) >= 11 is 0. The number of carbonyl (C=O) groups excluding carboxylic acids is 3. The Labute approximate surface area is 153 Å². The third kappa shape index (κ3) is 5.84. The van der Waals surface area contributed by atoms with Crippen molar-refractivity contribution in [1.82, 2.24) is 5.32 Å². The molecule has 0 radical (unpaired) electrons. The number of benzene rings is 2. The van der Waals surface area contributed by atoms with Crippen molar-refractivity contribution in [3.8, 4) is 0 Å². The molecule has 0 unspecified atom stereocenters. The van der Waals surface area contributed by atoms with Crippen molar-refractivity contribution in [1.29, 1.82) is 0 Å². The number of carbonyl (C=O) groups is 3. The molecule has 2 rings (SSSR count). The number of rotatable bonds is 7. The van der Waals surface area contributed by atoms with E-state index in [1.165, 1.54) is 6.92 Å². The van der Waals surface area contributed by atoms with E-state index in [9.17, 15) is 14.4 Å². The summed E-state index contributed by atoms with van der Waals surface area (Å²) in [5.74, 6) is -0.310. The summed E-state index contributed by atoms with van der Waals surface area (Å²) in [5.41, 5.74) is 4.50. The van der Waals surface area contributed by atoms with Crippen LogP contribution in [0, 0.1) is 13.8 Å². The molecule has 0 saturated heterocycles. The molecule has 5 heteroatoms. The maximum atomic E-state index is 12.2. The third-order valence-electron chi connectivity index (χ3n) is 4.17. The van der Waals surface area contributed by atoms with E-state index in [4.69, 9.17) is 0 Å². The highest BCUT2D eigenvalue weighted by Gasteiger charge is 2.10. The van der Waals surface area contributed by atoms with E-state index in [0.717, 1.165) is 16.7 Å². The van der Waals surface area contributed by atoms with Crippen molar-refractivity contribution in [2.24, 2.45) is 0 Å². The molecule has 26 heavy (non-hydrogen) atoms. The van der Waals surface area contributed by atoms with Gasteiger partial charge in [-0.25, -0.2) is 0 Å². The highest BCUT2D eigenvalue weighted by Crippen LogP contribution is 2.13. The maximum absolute atomic E-state index is 12.2. The monoisotopic (exact) mass is 352 g/mol. The molecule has 0 aliphatic heterocycles. The molecule has 2 N–H and O–H groups in total. The molecular formula is C21H24N2O3. The van der Waals surface area contributed by atoms with Crippen LogP contribution in [0.4, 0.5) is 5.69 Å². The highest BCUT2D eigenvalue weighted by atomic mass is 16.2. The fraction of sp³-hybridized carbons (Fsp3) is 0.286. The normalized spacial score (nSPS) is 10.3. The number of ketones is 1. The molecule has 0 heterocycles. The Hall–Kier alpha value is -2.95. The SMILES string of the molecule is CC(=O)Nc1ccc(CNC(=O)CCC(=O)c2ccc(C)c(C)c2)cc1. The number of anilines is 1. The number of Topliss-reactive ketones (excluding diaryl/α,β-unsaturated/α-hetero) is 1. The van der Waals surface area contributed by atoms with Crippen LogP contribution >= 0.6 is 0 Å². The lowest BCUT2D eigenvalue weighted by molar-refractivity contribution is -0.121. The molecule has 5 nitrogen and oxygen atoms in total. The minimum absolute atomic E-state index is 0.0251. The van der Waals surface area contributed by atoms with Gasteiger partial charge in [-0.15, -0.1) is 0 Å². The van der Waals surface area contributed by atoms with Gasteiger partial charge in [0.2, 0.25) is 11.8 Å². The fourth-order valence-electron chi connectivity index (χ4n) is 2.48. The predicted octanol–water partition coefficient (Wildman–Crippen LogP) is 3.54. The molecule has 0 spiro atoms. The van der Waals surface area contributed by atoms with Gasteiger partial charge in [-0.05, 0) is 48.7 Å². The van der Waals surface area contributed by atoms with Crippen LogP contribution in [0.1, 0.15) is 46.8 Å². The third-order valence-corrected chi connectivity index (χ3v) is 4.17. The zero-order valence-electron chi connectivity index (χ0n) is 15.4. The molecular weight excluding hydrogens is 328 g/mol. The van der Waals surface area contributed by atoms with Crippen molar-refractivity contribution in [3.05, 3.63) is 64.7 Å². The number of amides is 2. The number of hydrogen-bond donors (Lipinski definition) is 2. The number of aryl methyl sites for hydroxylation is 2. The van der Waals surface area contributed by atoms with Gasteiger partial charge in [-0.1, -0.05) is 24.3 Å². The molecule has 0 fully saturated rings. The van der Waals surface area contributed by atoms with Gasteiger partial charge in [0, 0.05) is 37.6 Å². The summed E-state index contributed by atoms with van der Waals surface area (Å²) in [4.78, 5) is 35.1. The molecule has 2 aromatic rings. The lowest BCUT2D eigenvalue weighted by Crippen LogP contribution is -2.23. The van der Waals surface area contributed by atoms with Crippen LogP contribution in [0.5, 0.6) is 0 Å². The Morgan fingerprint density at radius 2 is 1.58 bits per heavy atom. The van der Waals surface area contributed by atoms with Crippen molar-refractivity contribution < 1.29 is 14.4 Å². The van der Waals surface area contributed by atoms with E-state index >= 15 is 0 Å². The number of nitrogens with one attached hydrogen (secondary N) is 2. The molecule has 0 aliphatic rings. The van der Waals surface area contributed by atoms with E-state index < -0.39 is 0 Å². The Morgan fingerprint density at radius 1 is 0.885 bits per heavy atom. The summed E-state index contributed by atoms with van der Waals surface area (Å²) < 4.78 is 0. The minimum Gasteiger partial charge on any atom is -0.352 e. The zero-order valence-corrected chi connectivity index (χ0v) is 15.4. The first kappa shape index (κ1) is 19.4. The first-order valence-corrected chi connectivity index (χ1v) is 8.59. The Morgan fingerprint density at radius 3 is 2.19 bits per heavy atom. The fourth-order valence-corrected chi connectivity index (χ4v) is 2.48. The van der Waals surface area contributed by atoms with Crippen LogP contribution in [-0.4, -0.2) is 17.6 Å². The van der Waals surface area contributed by atoms with Gasteiger partial charge in [0.1, 0.15) is 0 Å². The smallest absolute Gasteiger partial charge is 0.221 e. The minimum atomic E-state index is -0.159. The zero-order chi connectivity index (χ0) is 19.1. The van der Waals surface area contributed by atoms with Crippen LogP contribution in [0.2, 0.25) is 0 Å². The van der Waals surface area contributed by atoms with Crippen LogP contribution in [0.15, 0.2) is 42.5 Å². The summed E-state index contributed by atoms with van der Waals surface area (Å²) in [6.45, 7) is 5.81. The van der Waals surface area contributed by atoms with E-state index in [-0.39, 0.29) is 30.4 Å². The molecule has 0 saturated carbocycles. The highest BCUT2D eigenvalue weighted by molar-refractivity contribution is 5.98. The standard InChI is InChI=1S/C21H24N2O3/c1-14-4-7-18(12-15(14)2)20(25)10-11-21(26)22-13-17-5-8-19(9-6-17)23-16(3)24/h4-9,12H,10-11,13H2,1-3H3,(H,22,26)(H,23,24). The first-order valence-electron chi connectivity index (χ1n) is 8.59. The largest absolute Gasteiger partial charge is 0.352 e. The summed E-state index contributed by atoms with van der Waals surface area (Å²) in [7, 11) is 0. The van der Waals surface area contributed by atoms with Gasteiger partial charge in [-0.3, -0.25) is 14.4 Å². The van der Waals surface area contributed by atoms with Crippen molar-refractivity contribution in [2.75, 3.05) is 5.32 Å². The van der Waals surface area contributed by atoms with Crippen LogP contribution in [0.25, 0.3) is 0 Å². The summed E-state index contributed by atoms with van der Waals surface area (Å²) in [6.07, 6.45) is 0.353. The maximum Gasteiger partial charge on any atom is 0.221 e. The predicted molar refractivity (Wildman–Crippen MR) is 102 cm³/mol.